The molecule has 7 heteroatoms. The predicted octanol–water partition coefficient (Wildman–Crippen LogP) is 4.25. The molecule has 1 N–H and O–H groups in total. The molecule has 0 aromatic heterocycles. The number of nitrogens with one attached hydrogen (secondary N) is 1. The molecule has 28 heavy (non-hydrogen) atoms. The summed E-state index contributed by atoms with van der Waals surface area (Å²) in [6, 6.07) is 10.5. The normalized spacial score (nSPS) is 10.6. The van der Waals surface area contributed by atoms with Gasteiger partial charge in [-0.15, -0.1) is 0 Å². The third-order valence-electron chi connectivity index (χ3n) is 3.73. The first kappa shape index (κ1) is 21.3. The van der Waals surface area contributed by atoms with Crippen LogP contribution in [0.3, 0.4) is 0 Å². The van der Waals surface area contributed by atoms with Crippen LogP contribution in [0, 0.1) is 6.92 Å². The van der Waals surface area contributed by atoms with Gasteiger partial charge >= 0.3 is 5.97 Å². The number of carbonyl (C=O) groups excluding carboxylic acids is 2. The van der Waals surface area contributed by atoms with Crippen molar-refractivity contribution < 1.29 is 23.8 Å². The maximum atomic E-state index is 12.0. The Morgan fingerprint density at radius 2 is 1.89 bits per heavy atom. The number of hydrogen-bond donors (Lipinski definition) is 1. The quantitative estimate of drug-likeness (QED) is 0.667. The number of allylic oxidation sites excluding steroid dienone is 1. The van der Waals surface area contributed by atoms with Crippen LogP contribution < -0.4 is 14.8 Å². The molecule has 6 nitrogen and oxygen atoms in total. The fourth-order valence-electron chi connectivity index (χ4n) is 2.34. The fourth-order valence-corrected chi connectivity index (χ4v) is 2.51. The highest BCUT2D eigenvalue weighted by Crippen LogP contribution is 2.28. The second-order valence-corrected chi connectivity index (χ2v) is 6.30. The molecule has 0 aliphatic rings. The lowest BCUT2D eigenvalue weighted by atomic mass is 10.2. The Hall–Kier alpha value is -2.99. The molecule has 0 saturated carbocycles. The smallest absolute Gasteiger partial charge is 0.344 e. The van der Waals surface area contributed by atoms with Crippen LogP contribution in [-0.2, 0) is 14.3 Å². The molecule has 0 spiro atoms. The first-order valence-corrected chi connectivity index (χ1v) is 8.96. The molecule has 0 saturated heterocycles. The molecule has 2 aromatic rings. The number of aryl methyl sites for hydroxylation is 1. The number of hydrogen-bond acceptors (Lipinski definition) is 5. The average Bonchev–Trinajstić information content (AvgIpc) is 2.68. The Labute approximate surface area is 169 Å². The number of amides is 1. The standard InChI is InChI=1S/C21H22ClNO5/c1-4-5-15-7-9-18(19(10-15)26-3)27-13-21(25)28-12-20(24)23-17-11-16(22)8-6-14(17)2/h4-11H,12-13H2,1-3H3,(H,23,24)/b5-4+. The van der Waals surface area contributed by atoms with Crippen LogP contribution in [0.15, 0.2) is 42.5 Å². The van der Waals surface area contributed by atoms with E-state index in [-0.39, 0.29) is 6.61 Å². The highest BCUT2D eigenvalue weighted by molar-refractivity contribution is 6.31. The minimum absolute atomic E-state index is 0.344. The molecule has 0 bridgehead atoms. The number of halogens is 1. The molecule has 2 rings (SSSR count). The first-order chi connectivity index (χ1) is 13.4. The van der Waals surface area contributed by atoms with Gasteiger partial charge in [-0.2, -0.15) is 0 Å². The van der Waals surface area contributed by atoms with Gasteiger partial charge in [0.1, 0.15) is 0 Å². The number of anilines is 1. The maximum absolute atomic E-state index is 12.0. The van der Waals surface area contributed by atoms with E-state index in [1.807, 2.05) is 32.1 Å². The van der Waals surface area contributed by atoms with Gasteiger partial charge in [0.05, 0.1) is 7.11 Å². The van der Waals surface area contributed by atoms with Gasteiger partial charge in [0.2, 0.25) is 0 Å². The summed E-state index contributed by atoms with van der Waals surface area (Å²) in [7, 11) is 1.52. The van der Waals surface area contributed by atoms with Crippen molar-refractivity contribution in [2.45, 2.75) is 13.8 Å². The van der Waals surface area contributed by atoms with Gasteiger partial charge in [-0.1, -0.05) is 35.9 Å². The minimum atomic E-state index is -0.669. The zero-order valence-electron chi connectivity index (χ0n) is 16.0. The summed E-state index contributed by atoms with van der Waals surface area (Å²) in [5, 5.41) is 3.15. The summed E-state index contributed by atoms with van der Waals surface area (Å²) in [5.41, 5.74) is 2.36. The molecule has 0 heterocycles. The van der Waals surface area contributed by atoms with E-state index >= 15 is 0 Å². The number of rotatable bonds is 8. The van der Waals surface area contributed by atoms with Crippen LogP contribution in [0.2, 0.25) is 5.02 Å². The molecule has 0 unspecified atom stereocenters. The van der Waals surface area contributed by atoms with E-state index in [4.69, 9.17) is 25.8 Å². The number of esters is 1. The summed E-state index contributed by atoms with van der Waals surface area (Å²) in [6.07, 6.45) is 3.82. The molecule has 0 aliphatic carbocycles. The van der Waals surface area contributed by atoms with Crippen LogP contribution in [0.5, 0.6) is 11.5 Å². The Morgan fingerprint density at radius 1 is 1.11 bits per heavy atom. The summed E-state index contributed by atoms with van der Waals surface area (Å²) < 4.78 is 15.6. The maximum Gasteiger partial charge on any atom is 0.344 e. The largest absolute Gasteiger partial charge is 0.493 e. The van der Waals surface area contributed by atoms with Gasteiger partial charge in [0.15, 0.2) is 24.7 Å². The van der Waals surface area contributed by atoms with Crippen molar-refractivity contribution in [1.29, 1.82) is 0 Å². The van der Waals surface area contributed by atoms with Crippen molar-refractivity contribution in [3.8, 4) is 11.5 Å². The Balaban J connectivity index is 1.84. The number of carbonyl (C=O) groups is 2. The monoisotopic (exact) mass is 403 g/mol. The average molecular weight is 404 g/mol. The van der Waals surface area contributed by atoms with Crippen LogP contribution in [-0.4, -0.2) is 32.2 Å². The van der Waals surface area contributed by atoms with Gasteiger partial charge in [-0.3, -0.25) is 4.79 Å². The second-order valence-electron chi connectivity index (χ2n) is 5.87. The highest BCUT2D eigenvalue weighted by atomic mass is 35.5. The zero-order chi connectivity index (χ0) is 20.5. The highest BCUT2D eigenvalue weighted by Gasteiger charge is 2.12. The molecule has 148 valence electrons. The fraction of sp³-hybridized carbons (Fsp3) is 0.238. The second kappa shape index (κ2) is 10.4. The summed E-state index contributed by atoms with van der Waals surface area (Å²) >= 11 is 5.91. The molecule has 0 atom stereocenters. The predicted molar refractivity (Wildman–Crippen MR) is 109 cm³/mol. The third-order valence-corrected chi connectivity index (χ3v) is 3.97. The molecule has 0 aliphatic heterocycles. The molecular weight excluding hydrogens is 382 g/mol. The SMILES string of the molecule is C/C=C/c1ccc(OCC(=O)OCC(=O)Nc2cc(Cl)ccc2C)c(OC)c1. The number of benzene rings is 2. The lowest BCUT2D eigenvalue weighted by Crippen LogP contribution is -2.24. The molecule has 2 aromatic carbocycles. The minimum Gasteiger partial charge on any atom is -0.493 e. The van der Waals surface area contributed by atoms with Crippen molar-refractivity contribution >= 4 is 35.2 Å². The van der Waals surface area contributed by atoms with Crippen molar-refractivity contribution in [2.24, 2.45) is 0 Å². The summed E-state index contributed by atoms with van der Waals surface area (Å²) in [6.45, 7) is 2.98. The lowest BCUT2D eigenvalue weighted by molar-refractivity contribution is -0.149. The Kier molecular flexibility index (Phi) is 7.89. The van der Waals surface area contributed by atoms with E-state index in [2.05, 4.69) is 5.32 Å². The van der Waals surface area contributed by atoms with Crippen molar-refractivity contribution in [3.63, 3.8) is 0 Å². The Morgan fingerprint density at radius 3 is 2.61 bits per heavy atom. The van der Waals surface area contributed by atoms with Gasteiger partial charge in [-0.05, 0) is 49.2 Å². The van der Waals surface area contributed by atoms with Gasteiger partial charge < -0.3 is 19.5 Å². The Bertz CT molecular complexity index is 879. The van der Waals surface area contributed by atoms with Crippen LogP contribution in [0.1, 0.15) is 18.1 Å². The van der Waals surface area contributed by atoms with E-state index in [0.29, 0.717) is 22.2 Å². The van der Waals surface area contributed by atoms with E-state index < -0.39 is 18.5 Å². The van der Waals surface area contributed by atoms with Gasteiger partial charge in [0, 0.05) is 10.7 Å². The number of ether oxygens (including phenoxy) is 3. The first-order valence-electron chi connectivity index (χ1n) is 8.58. The van der Waals surface area contributed by atoms with E-state index in [1.54, 1.807) is 30.3 Å². The lowest BCUT2D eigenvalue weighted by Gasteiger charge is -2.12. The molecule has 0 fully saturated rings. The third kappa shape index (κ3) is 6.32. The molecule has 1 amide bonds. The van der Waals surface area contributed by atoms with Crippen molar-refractivity contribution in [1.82, 2.24) is 0 Å². The van der Waals surface area contributed by atoms with Crippen molar-refractivity contribution in [2.75, 3.05) is 25.6 Å². The van der Waals surface area contributed by atoms with E-state index in [9.17, 15) is 9.59 Å². The van der Waals surface area contributed by atoms with Crippen LogP contribution >= 0.6 is 11.6 Å². The zero-order valence-corrected chi connectivity index (χ0v) is 16.7. The van der Waals surface area contributed by atoms with Crippen molar-refractivity contribution in [3.05, 3.63) is 58.6 Å². The van der Waals surface area contributed by atoms with Crippen LogP contribution in [0.25, 0.3) is 6.08 Å². The molecule has 0 radical (unpaired) electrons. The summed E-state index contributed by atoms with van der Waals surface area (Å²) in [4.78, 5) is 23.8. The topological polar surface area (TPSA) is 73.9 Å². The van der Waals surface area contributed by atoms with Gasteiger partial charge in [0.25, 0.3) is 5.91 Å². The van der Waals surface area contributed by atoms with Gasteiger partial charge in [-0.25, -0.2) is 4.79 Å². The van der Waals surface area contributed by atoms with E-state index in [1.165, 1.54) is 7.11 Å². The molecular formula is C21H22ClNO5. The number of methoxy groups -OCH3 is 1. The van der Waals surface area contributed by atoms with E-state index in [0.717, 1.165) is 11.1 Å². The van der Waals surface area contributed by atoms with Crippen LogP contribution in [0.4, 0.5) is 5.69 Å². The summed E-state index contributed by atoms with van der Waals surface area (Å²) in [5.74, 6) is -0.228.